The van der Waals surface area contributed by atoms with Gasteiger partial charge in [-0.2, -0.15) is 0 Å². The van der Waals surface area contributed by atoms with Gasteiger partial charge in [-0.25, -0.2) is 0 Å². The molecule has 0 amide bonds. The van der Waals surface area contributed by atoms with E-state index < -0.39 is 0 Å². The van der Waals surface area contributed by atoms with E-state index in [1.54, 1.807) is 12.4 Å². The quantitative estimate of drug-likeness (QED) is 0.705. The van der Waals surface area contributed by atoms with Crippen LogP contribution in [-0.2, 0) is 12.9 Å². The molecule has 72 valence electrons. The number of hydrogen-bond donors (Lipinski definition) is 0. The van der Waals surface area contributed by atoms with Gasteiger partial charge in [0.25, 0.3) is 0 Å². The molecule has 0 fully saturated rings. The van der Waals surface area contributed by atoms with E-state index >= 15 is 0 Å². The molecule has 0 aliphatic rings. The molecule has 0 radical (unpaired) electrons. The van der Waals surface area contributed by atoms with Gasteiger partial charge in [-0.3, -0.25) is 4.98 Å². The molecule has 0 saturated carbocycles. The third-order valence-electron chi connectivity index (χ3n) is 2.02. The second-order valence-electron chi connectivity index (χ2n) is 2.87. The first-order valence-corrected chi connectivity index (χ1v) is 4.71. The summed E-state index contributed by atoms with van der Waals surface area (Å²) in [6.07, 6.45) is 3.45. The highest BCUT2D eigenvalue weighted by atomic mass is 35.5. The van der Waals surface area contributed by atoms with Crippen molar-refractivity contribution >= 4 is 11.6 Å². The van der Waals surface area contributed by atoms with E-state index in [2.05, 4.69) is 15.2 Å². The van der Waals surface area contributed by atoms with Gasteiger partial charge in [0.2, 0.25) is 0 Å². The summed E-state index contributed by atoms with van der Waals surface area (Å²) in [5.41, 5.74) is 0.992. The summed E-state index contributed by atoms with van der Waals surface area (Å²) < 4.78 is 1.88. The van der Waals surface area contributed by atoms with Crippen LogP contribution in [0.3, 0.4) is 0 Å². The molecule has 0 aromatic carbocycles. The van der Waals surface area contributed by atoms with Gasteiger partial charge in [0.1, 0.15) is 5.82 Å². The van der Waals surface area contributed by atoms with Crippen molar-refractivity contribution in [3.8, 4) is 11.4 Å². The lowest BCUT2D eigenvalue weighted by Crippen LogP contribution is -1.97. The average molecular weight is 209 g/mol. The highest BCUT2D eigenvalue weighted by Gasteiger charge is 2.08. The fraction of sp³-hybridized carbons (Fsp3) is 0.222. The largest absolute Gasteiger partial charge is 0.313 e. The summed E-state index contributed by atoms with van der Waals surface area (Å²) in [5, 5.41) is 8.03. The van der Waals surface area contributed by atoms with Crippen molar-refractivity contribution in [2.45, 2.75) is 5.88 Å². The van der Waals surface area contributed by atoms with Crippen LogP contribution in [0.5, 0.6) is 0 Å². The smallest absolute Gasteiger partial charge is 0.163 e. The Balaban J connectivity index is 2.48. The Morgan fingerprint density at radius 3 is 2.57 bits per heavy atom. The van der Waals surface area contributed by atoms with Crippen molar-refractivity contribution in [1.29, 1.82) is 0 Å². The predicted molar refractivity (Wildman–Crippen MR) is 53.8 cm³/mol. The summed E-state index contributed by atoms with van der Waals surface area (Å²) in [5.74, 6) is 1.94. The van der Waals surface area contributed by atoms with Crippen molar-refractivity contribution in [1.82, 2.24) is 19.7 Å². The van der Waals surface area contributed by atoms with Gasteiger partial charge in [0.05, 0.1) is 5.88 Å². The van der Waals surface area contributed by atoms with Crippen LogP contribution < -0.4 is 0 Å². The fourth-order valence-electron chi connectivity index (χ4n) is 1.23. The maximum absolute atomic E-state index is 5.70. The van der Waals surface area contributed by atoms with Crippen molar-refractivity contribution in [2.75, 3.05) is 0 Å². The predicted octanol–water partition coefficient (Wildman–Crippen LogP) is 1.62. The number of aromatic nitrogens is 4. The Bertz CT molecular complexity index is 424. The van der Waals surface area contributed by atoms with Gasteiger partial charge in [-0.05, 0) is 12.1 Å². The molecule has 0 spiro atoms. The highest BCUT2D eigenvalue weighted by molar-refractivity contribution is 6.16. The third-order valence-corrected chi connectivity index (χ3v) is 2.26. The lowest BCUT2D eigenvalue weighted by Gasteiger charge is -2.00. The van der Waals surface area contributed by atoms with Gasteiger partial charge in [-0.1, -0.05) is 0 Å². The molecule has 2 aromatic heterocycles. The number of rotatable bonds is 2. The minimum Gasteiger partial charge on any atom is -0.313 e. The summed E-state index contributed by atoms with van der Waals surface area (Å²) in [6.45, 7) is 0. The van der Waals surface area contributed by atoms with E-state index in [0.717, 1.165) is 17.2 Å². The number of nitrogens with zero attached hydrogens (tertiary/aromatic N) is 4. The van der Waals surface area contributed by atoms with Gasteiger partial charge in [0.15, 0.2) is 5.82 Å². The van der Waals surface area contributed by atoms with Crippen LogP contribution in [0.2, 0.25) is 0 Å². The van der Waals surface area contributed by atoms with Crippen LogP contribution in [0.15, 0.2) is 24.5 Å². The molecule has 0 N–H and O–H groups in total. The van der Waals surface area contributed by atoms with Crippen LogP contribution in [0.25, 0.3) is 11.4 Å². The first-order valence-electron chi connectivity index (χ1n) is 4.17. The average Bonchev–Trinajstić information content (AvgIpc) is 2.61. The summed E-state index contributed by atoms with van der Waals surface area (Å²) in [4.78, 5) is 3.94. The zero-order valence-electron chi connectivity index (χ0n) is 7.68. The van der Waals surface area contributed by atoms with E-state index in [-0.39, 0.29) is 0 Å². The van der Waals surface area contributed by atoms with Gasteiger partial charge in [-0.15, -0.1) is 21.8 Å². The van der Waals surface area contributed by atoms with E-state index in [1.807, 2.05) is 23.7 Å². The maximum atomic E-state index is 5.70. The first kappa shape index (κ1) is 9.15. The Kier molecular flexibility index (Phi) is 2.45. The van der Waals surface area contributed by atoms with E-state index in [0.29, 0.717) is 5.88 Å². The van der Waals surface area contributed by atoms with Gasteiger partial charge < -0.3 is 4.57 Å². The molecule has 0 saturated heterocycles. The lowest BCUT2D eigenvalue weighted by atomic mass is 10.2. The zero-order chi connectivity index (χ0) is 9.97. The second kappa shape index (κ2) is 3.75. The second-order valence-corrected chi connectivity index (χ2v) is 3.14. The standard InChI is InChI=1S/C9H9ClN4/c1-14-8(6-10)12-13-9(14)7-2-4-11-5-3-7/h2-5H,6H2,1H3. The van der Waals surface area contributed by atoms with Crippen LogP contribution in [0.4, 0.5) is 0 Å². The maximum Gasteiger partial charge on any atom is 0.163 e. The summed E-state index contributed by atoms with van der Waals surface area (Å²) in [7, 11) is 1.90. The van der Waals surface area contributed by atoms with E-state index in [1.165, 1.54) is 0 Å². The molecule has 2 rings (SSSR count). The Morgan fingerprint density at radius 2 is 2.00 bits per heavy atom. The van der Waals surface area contributed by atoms with Crippen molar-refractivity contribution < 1.29 is 0 Å². The monoisotopic (exact) mass is 208 g/mol. The van der Waals surface area contributed by atoms with Crippen LogP contribution in [0, 0.1) is 0 Å². The van der Waals surface area contributed by atoms with Gasteiger partial charge in [0, 0.05) is 25.0 Å². The zero-order valence-corrected chi connectivity index (χ0v) is 8.44. The minimum absolute atomic E-state index is 0.370. The van der Waals surface area contributed by atoms with Crippen molar-refractivity contribution in [2.24, 2.45) is 7.05 Å². The molecule has 0 aliphatic carbocycles. The summed E-state index contributed by atoms with van der Waals surface area (Å²) in [6, 6.07) is 3.78. The SMILES string of the molecule is Cn1c(CCl)nnc1-c1ccncc1. The normalized spacial score (nSPS) is 10.4. The highest BCUT2D eigenvalue weighted by Crippen LogP contribution is 2.16. The van der Waals surface area contributed by atoms with Crippen molar-refractivity contribution in [3.05, 3.63) is 30.4 Å². The molecule has 4 nitrogen and oxygen atoms in total. The van der Waals surface area contributed by atoms with Crippen LogP contribution in [0.1, 0.15) is 5.82 Å². The van der Waals surface area contributed by atoms with Crippen LogP contribution >= 0.6 is 11.6 Å². The van der Waals surface area contributed by atoms with E-state index in [9.17, 15) is 0 Å². The Hall–Kier alpha value is -1.42. The molecule has 2 heterocycles. The van der Waals surface area contributed by atoms with Crippen molar-refractivity contribution in [3.63, 3.8) is 0 Å². The fourth-order valence-corrected chi connectivity index (χ4v) is 1.46. The van der Waals surface area contributed by atoms with E-state index in [4.69, 9.17) is 11.6 Å². The van der Waals surface area contributed by atoms with Gasteiger partial charge >= 0.3 is 0 Å². The number of halogens is 1. The number of alkyl halides is 1. The number of hydrogen-bond acceptors (Lipinski definition) is 3. The third kappa shape index (κ3) is 1.48. The topological polar surface area (TPSA) is 43.6 Å². The Morgan fingerprint density at radius 1 is 1.29 bits per heavy atom. The molecule has 0 bridgehead atoms. The molecule has 0 unspecified atom stereocenters. The summed E-state index contributed by atoms with van der Waals surface area (Å²) >= 11 is 5.70. The Labute approximate surface area is 86.6 Å². The molecule has 2 aromatic rings. The van der Waals surface area contributed by atoms with Crippen LogP contribution in [-0.4, -0.2) is 19.7 Å². The molecule has 0 atom stereocenters. The molecule has 5 heteroatoms. The number of pyridine rings is 1. The first-order chi connectivity index (χ1) is 6.83. The molecular formula is C9H9ClN4. The lowest BCUT2D eigenvalue weighted by molar-refractivity contribution is 0.853. The molecule has 14 heavy (non-hydrogen) atoms. The molecule has 0 aliphatic heterocycles. The molecular weight excluding hydrogens is 200 g/mol. The minimum atomic E-state index is 0.370.